The number of benzene rings is 1. The maximum absolute atomic E-state index is 11.1. The third-order valence-electron chi connectivity index (χ3n) is 2.94. The van der Waals surface area contributed by atoms with Crippen LogP contribution >= 0.6 is 15.9 Å². The lowest BCUT2D eigenvalue weighted by Gasteiger charge is -2.09. The summed E-state index contributed by atoms with van der Waals surface area (Å²) in [7, 11) is 0. The second kappa shape index (κ2) is 4.51. The lowest BCUT2D eigenvalue weighted by atomic mass is 10.2. The van der Waals surface area contributed by atoms with Gasteiger partial charge in [0.15, 0.2) is 0 Å². The molecule has 3 aromatic rings. The number of hydrogen-bond acceptors (Lipinski definition) is 2. The quantitative estimate of drug-likeness (QED) is 0.787. The second-order valence-corrected chi connectivity index (χ2v) is 4.79. The number of pyridine rings is 1. The Labute approximate surface area is 117 Å². The number of fused-ring (bicyclic) bond motifs is 1. The Morgan fingerprint density at radius 1 is 1.21 bits per heavy atom. The van der Waals surface area contributed by atoms with Gasteiger partial charge in [-0.15, -0.1) is 0 Å². The third kappa shape index (κ3) is 1.92. The fraction of sp³-hybridized carbons (Fsp3) is 0. The molecule has 4 nitrogen and oxygen atoms in total. The van der Waals surface area contributed by atoms with E-state index < -0.39 is 5.97 Å². The van der Waals surface area contributed by atoms with E-state index in [-0.39, 0.29) is 5.56 Å². The van der Waals surface area contributed by atoms with Crippen LogP contribution in [-0.4, -0.2) is 20.6 Å². The Bertz CT molecular complexity index is 775. The van der Waals surface area contributed by atoms with Crippen molar-refractivity contribution in [1.82, 2.24) is 9.55 Å². The normalized spacial score (nSPS) is 10.8. The summed E-state index contributed by atoms with van der Waals surface area (Å²) in [5, 5.41) is 10.1. The molecule has 0 bridgehead atoms. The number of carboxylic acid groups (broad SMARTS) is 1. The number of aromatic nitrogens is 2. The van der Waals surface area contributed by atoms with Gasteiger partial charge in [0.05, 0.1) is 16.8 Å². The average molecular weight is 317 g/mol. The van der Waals surface area contributed by atoms with Gasteiger partial charge < -0.3 is 9.67 Å². The highest BCUT2D eigenvalue weighted by Gasteiger charge is 2.14. The number of aromatic carboxylic acids is 1. The molecule has 0 aliphatic heterocycles. The van der Waals surface area contributed by atoms with Crippen LogP contribution in [0.4, 0.5) is 0 Å². The molecule has 0 spiro atoms. The third-order valence-corrected chi connectivity index (χ3v) is 3.75. The van der Waals surface area contributed by atoms with Gasteiger partial charge in [-0.1, -0.05) is 6.07 Å². The zero-order valence-corrected chi connectivity index (χ0v) is 11.3. The highest BCUT2D eigenvalue weighted by Crippen LogP contribution is 2.27. The highest BCUT2D eigenvalue weighted by atomic mass is 79.9. The fourth-order valence-corrected chi connectivity index (χ4v) is 2.67. The van der Waals surface area contributed by atoms with Gasteiger partial charge in [-0.3, -0.25) is 4.98 Å². The average Bonchev–Trinajstić information content (AvgIpc) is 2.80. The number of rotatable bonds is 2. The van der Waals surface area contributed by atoms with E-state index in [2.05, 4.69) is 20.9 Å². The zero-order chi connectivity index (χ0) is 13.4. The fourth-order valence-electron chi connectivity index (χ4n) is 2.06. The number of halogens is 1. The molecule has 0 atom stereocenters. The van der Waals surface area contributed by atoms with Crippen LogP contribution in [0.1, 0.15) is 10.4 Å². The minimum Gasteiger partial charge on any atom is -0.478 e. The first-order valence-electron chi connectivity index (χ1n) is 5.63. The van der Waals surface area contributed by atoms with E-state index in [4.69, 9.17) is 5.11 Å². The minimum atomic E-state index is -0.955. The lowest BCUT2D eigenvalue weighted by Crippen LogP contribution is -1.99. The summed E-state index contributed by atoms with van der Waals surface area (Å²) >= 11 is 3.34. The molecule has 0 saturated heterocycles. The van der Waals surface area contributed by atoms with Crippen LogP contribution in [0.2, 0.25) is 0 Å². The number of nitrogens with zero attached hydrogens (tertiary/aromatic N) is 2. The Balaban J connectivity index is 2.28. The van der Waals surface area contributed by atoms with E-state index in [1.165, 1.54) is 0 Å². The molecule has 2 heterocycles. The largest absolute Gasteiger partial charge is 0.478 e. The smallest absolute Gasteiger partial charge is 0.338 e. The Morgan fingerprint density at radius 3 is 2.79 bits per heavy atom. The van der Waals surface area contributed by atoms with E-state index in [9.17, 15) is 4.79 Å². The minimum absolute atomic E-state index is 0.237. The first-order valence-corrected chi connectivity index (χ1v) is 6.42. The molecule has 2 aromatic heterocycles. The van der Waals surface area contributed by atoms with Crippen molar-refractivity contribution in [2.75, 3.05) is 0 Å². The summed E-state index contributed by atoms with van der Waals surface area (Å²) in [5.74, 6) is -0.955. The molecule has 0 radical (unpaired) electrons. The van der Waals surface area contributed by atoms with Gasteiger partial charge in [0.2, 0.25) is 0 Å². The molecule has 19 heavy (non-hydrogen) atoms. The molecule has 0 aliphatic carbocycles. The van der Waals surface area contributed by atoms with E-state index in [1.807, 2.05) is 30.3 Å². The molecule has 0 fully saturated rings. The Hall–Kier alpha value is -2.14. The maximum Gasteiger partial charge on any atom is 0.338 e. The zero-order valence-electron chi connectivity index (χ0n) is 9.75. The van der Waals surface area contributed by atoms with Gasteiger partial charge in [-0.05, 0) is 46.3 Å². The SMILES string of the molecule is O=C(O)c1ccn(-c2cccc3ncccc23)c1Br. The van der Waals surface area contributed by atoms with E-state index in [1.54, 1.807) is 23.0 Å². The van der Waals surface area contributed by atoms with Crippen molar-refractivity contribution in [3.63, 3.8) is 0 Å². The first-order chi connectivity index (χ1) is 9.18. The van der Waals surface area contributed by atoms with Crippen LogP contribution in [0, 0.1) is 0 Å². The van der Waals surface area contributed by atoms with Crippen molar-refractivity contribution in [2.45, 2.75) is 0 Å². The molecular formula is C14H9BrN2O2. The lowest BCUT2D eigenvalue weighted by molar-refractivity contribution is 0.0696. The molecular weight excluding hydrogens is 308 g/mol. The molecule has 0 unspecified atom stereocenters. The molecule has 0 saturated carbocycles. The summed E-state index contributed by atoms with van der Waals surface area (Å²) in [6, 6.07) is 11.2. The number of hydrogen-bond donors (Lipinski definition) is 1. The van der Waals surface area contributed by atoms with Crippen molar-refractivity contribution >= 4 is 32.8 Å². The van der Waals surface area contributed by atoms with Crippen molar-refractivity contribution in [1.29, 1.82) is 0 Å². The molecule has 0 aliphatic rings. The predicted molar refractivity (Wildman–Crippen MR) is 75.7 cm³/mol. The monoisotopic (exact) mass is 316 g/mol. The van der Waals surface area contributed by atoms with E-state index in [0.717, 1.165) is 16.6 Å². The van der Waals surface area contributed by atoms with E-state index in [0.29, 0.717) is 4.60 Å². The van der Waals surface area contributed by atoms with Gasteiger partial charge in [0.25, 0.3) is 0 Å². The number of carbonyl (C=O) groups is 1. The summed E-state index contributed by atoms with van der Waals surface area (Å²) in [6.07, 6.45) is 3.47. The van der Waals surface area contributed by atoms with Crippen LogP contribution in [0.25, 0.3) is 16.6 Å². The Kier molecular flexibility index (Phi) is 2.83. The van der Waals surface area contributed by atoms with Crippen molar-refractivity contribution in [3.8, 4) is 5.69 Å². The van der Waals surface area contributed by atoms with Gasteiger partial charge >= 0.3 is 5.97 Å². The van der Waals surface area contributed by atoms with Crippen LogP contribution in [0.3, 0.4) is 0 Å². The molecule has 1 N–H and O–H groups in total. The second-order valence-electron chi connectivity index (χ2n) is 4.04. The first kappa shape index (κ1) is 11.9. The summed E-state index contributed by atoms with van der Waals surface area (Å²) in [6.45, 7) is 0. The predicted octanol–water partition coefficient (Wildman–Crippen LogP) is 3.49. The van der Waals surface area contributed by atoms with E-state index >= 15 is 0 Å². The van der Waals surface area contributed by atoms with Crippen molar-refractivity contribution in [3.05, 3.63) is 59.0 Å². The maximum atomic E-state index is 11.1. The van der Waals surface area contributed by atoms with Crippen LogP contribution in [0.15, 0.2) is 53.4 Å². The summed E-state index contributed by atoms with van der Waals surface area (Å²) in [5.41, 5.74) is 2.00. The molecule has 1 aromatic carbocycles. The van der Waals surface area contributed by atoms with Gasteiger partial charge in [0.1, 0.15) is 4.60 Å². The van der Waals surface area contributed by atoms with Gasteiger partial charge in [0, 0.05) is 17.8 Å². The summed E-state index contributed by atoms with van der Waals surface area (Å²) in [4.78, 5) is 15.4. The molecule has 3 rings (SSSR count). The number of carboxylic acids is 1. The Morgan fingerprint density at radius 2 is 2.05 bits per heavy atom. The molecule has 5 heteroatoms. The van der Waals surface area contributed by atoms with Crippen LogP contribution in [-0.2, 0) is 0 Å². The van der Waals surface area contributed by atoms with Crippen LogP contribution < -0.4 is 0 Å². The van der Waals surface area contributed by atoms with Gasteiger partial charge in [-0.2, -0.15) is 0 Å². The highest BCUT2D eigenvalue weighted by molar-refractivity contribution is 9.10. The van der Waals surface area contributed by atoms with Gasteiger partial charge in [-0.25, -0.2) is 4.79 Å². The molecule has 0 amide bonds. The van der Waals surface area contributed by atoms with Crippen LogP contribution in [0.5, 0.6) is 0 Å². The van der Waals surface area contributed by atoms with Crippen molar-refractivity contribution < 1.29 is 9.90 Å². The van der Waals surface area contributed by atoms with Crippen molar-refractivity contribution in [2.24, 2.45) is 0 Å². The summed E-state index contributed by atoms with van der Waals surface area (Å²) < 4.78 is 2.32. The molecule has 94 valence electrons. The standard InChI is InChI=1S/C14H9BrN2O2/c15-13-10(14(18)19)6-8-17(13)12-5-1-4-11-9(12)3-2-7-16-11/h1-8H,(H,18,19). The topological polar surface area (TPSA) is 55.1 Å².